The van der Waals surface area contributed by atoms with Crippen LogP contribution in [-0.2, 0) is 0 Å². The molecule has 10 aromatic carbocycles. The molecule has 3 heterocycles. The van der Waals surface area contributed by atoms with Gasteiger partial charge < -0.3 is 4.57 Å². The maximum absolute atomic E-state index is 5.50. The third-order valence-corrected chi connectivity index (χ3v) is 12.9. The Morgan fingerprint density at radius 2 is 0.714 bits per heavy atom. The molecule has 0 saturated heterocycles. The number of para-hydroxylation sites is 1. The van der Waals surface area contributed by atoms with Crippen molar-refractivity contribution < 1.29 is 0 Å². The first-order valence-electron chi connectivity index (χ1n) is 21.6. The van der Waals surface area contributed by atoms with Gasteiger partial charge in [-0.05, 0) is 103 Å². The molecule has 3 nitrogen and oxygen atoms in total. The maximum atomic E-state index is 5.50. The van der Waals surface area contributed by atoms with Crippen LogP contribution in [-0.4, -0.2) is 14.5 Å². The van der Waals surface area contributed by atoms with E-state index in [9.17, 15) is 0 Å². The van der Waals surface area contributed by atoms with Gasteiger partial charge >= 0.3 is 0 Å². The lowest BCUT2D eigenvalue weighted by Crippen LogP contribution is -1.97. The Bertz CT molecular complexity index is 3920. The minimum Gasteiger partial charge on any atom is -0.309 e. The quantitative estimate of drug-likeness (QED) is 0.162. The van der Waals surface area contributed by atoms with Crippen molar-refractivity contribution >= 4 is 75.9 Å². The van der Waals surface area contributed by atoms with Crippen molar-refractivity contribution in [3.05, 3.63) is 224 Å². The van der Waals surface area contributed by atoms with E-state index in [0.29, 0.717) is 0 Å². The number of hydrogen-bond acceptors (Lipinski definition) is 2. The minimum atomic E-state index is 0.892. The van der Waals surface area contributed by atoms with Crippen LogP contribution >= 0.6 is 0 Å². The molecule has 292 valence electrons. The molecule has 0 aliphatic rings. The fraction of sp³-hybridized carbons (Fsp3) is 0. The molecule has 0 saturated carbocycles. The van der Waals surface area contributed by atoms with Crippen LogP contribution in [0.1, 0.15) is 0 Å². The van der Waals surface area contributed by atoms with Crippen molar-refractivity contribution in [1.29, 1.82) is 0 Å². The molecule has 0 unspecified atom stereocenters. The second kappa shape index (κ2) is 14.1. The van der Waals surface area contributed by atoms with Crippen LogP contribution < -0.4 is 0 Å². The molecular weight excluding hydrogens is 763 g/mol. The van der Waals surface area contributed by atoms with Gasteiger partial charge in [-0.3, -0.25) is 0 Å². The zero-order valence-corrected chi connectivity index (χ0v) is 34.2. The van der Waals surface area contributed by atoms with Crippen molar-refractivity contribution in [2.24, 2.45) is 0 Å². The Morgan fingerprint density at radius 1 is 0.254 bits per heavy atom. The number of nitrogens with zero attached hydrogens (tertiary/aromatic N) is 3. The molecule has 0 atom stereocenters. The highest BCUT2D eigenvalue weighted by Gasteiger charge is 2.18. The summed E-state index contributed by atoms with van der Waals surface area (Å²) in [5.41, 5.74) is 13.8. The summed E-state index contributed by atoms with van der Waals surface area (Å²) in [7, 11) is 0. The van der Waals surface area contributed by atoms with Crippen LogP contribution in [0.4, 0.5) is 0 Å². The highest BCUT2D eigenvalue weighted by atomic mass is 15.0. The Labute approximate surface area is 363 Å². The summed E-state index contributed by atoms with van der Waals surface area (Å²) in [5.74, 6) is 0. The molecule has 0 radical (unpaired) electrons. The molecule has 0 amide bonds. The largest absolute Gasteiger partial charge is 0.309 e. The molecule has 0 bridgehead atoms. The topological polar surface area (TPSA) is 30.7 Å². The normalized spacial score (nSPS) is 11.8. The van der Waals surface area contributed by atoms with Crippen LogP contribution in [0, 0.1) is 0 Å². The van der Waals surface area contributed by atoms with Gasteiger partial charge in [-0.25, -0.2) is 9.97 Å². The fourth-order valence-electron chi connectivity index (χ4n) is 9.90. The Morgan fingerprint density at radius 3 is 1.37 bits per heavy atom. The third-order valence-electron chi connectivity index (χ3n) is 12.9. The lowest BCUT2D eigenvalue weighted by molar-refractivity contribution is 1.18. The van der Waals surface area contributed by atoms with Crippen LogP contribution in [0.3, 0.4) is 0 Å². The minimum absolute atomic E-state index is 0.892. The molecule has 3 heteroatoms. The van der Waals surface area contributed by atoms with Gasteiger partial charge in [-0.15, -0.1) is 0 Å². The van der Waals surface area contributed by atoms with E-state index in [1.807, 2.05) is 6.07 Å². The van der Waals surface area contributed by atoms with E-state index in [2.05, 4.69) is 223 Å². The van der Waals surface area contributed by atoms with Gasteiger partial charge in [-0.2, -0.15) is 0 Å². The van der Waals surface area contributed by atoms with Gasteiger partial charge in [0.25, 0.3) is 0 Å². The van der Waals surface area contributed by atoms with Crippen LogP contribution in [0.2, 0.25) is 0 Å². The predicted octanol–water partition coefficient (Wildman–Crippen LogP) is 16.0. The average molecular weight is 800 g/mol. The summed E-state index contributed by atoms with van der Waals surface area (Å²) < 4.78 is 2.44. The molecule has 0 aliphatic carbocycles. The lowest BCUT2D eigenvalue weighted by Gasteiger charge is -2.16. The molecular formula is C60H37N3. The lowest BCUT2D eigenvalue weighted by atomic mass is 9.91. The summed E-state index contributed by atoms with van der Waals surface area (Å²) in [6, 6.07) is 81.2. The summed E-state index contributed by atoms with van der Waals surface area (Å²) in [6.07, 6.45) is 0. The van der Waals surface area contributed by atoms with E-state index in [-0.39, 0.29) is 0 Å². The van der Waals surface area contributed by atoms with Crippen molar-refractivity contribution in [3.63, 3.8) is 0 Å². The molecule has 0 N–H and O–H groups in total. The first kappa shape index (κ1) is 35.4. The highest BCUT2D eigenvalue weighted by molar-refractivity contribution is 6.25. The van der Waals surface area contributed by atoms with Crippen molar-refractivity contribution in [2.75, 3.05) is 0 Å². The van der Waals surface area contributed by atoms with E-state index < -0.39 is 0 Å². The van der Waals surface area contributed by atoms with Gasteiger partial charge in [0.2, 0.25) is 0 Å². The van der Waals surface area contributed by atoms with Crippen LogP contribution in [0.5, 0.6) is 0 Å². The average Bonchev–Trinajstić information content (AvgIpc) is 3.70. The number of rotatable bonds is 5. The van der Waals surface area contributed by atoms with E-state index in [4.69, 9.17) is 9.97 Å². The predicted molar refractivity (Wildman–Crippen MR) is 266 cm³/mol. The maximum Gasteiger partial charge on any atom is 0.0972 e. The number of aromatic nitrogens is 3. The van der Waals surface area contributed by atoms with E-state index in [1.54, 1.807) is 0 Å². The van der Waals surface area contributed by atoms with Gasteiger partial charge in [0.05, 0.1) is 33.5 Å². The number of pyridine rings is 2. The fourth-order valence-corrected chi connectivity index (χ4v) is 9.90. The Hall–Kier alpha value is -8.40. The molecule has 0 spiro atoms. The van der Waals surface area contributed by atoms with Gasteiger partial charge in [0.15, 0.2) is 0 Å². The van der Waals surface area contributed by atoms with E-state index in [0.717, 1.165) is 72.2 Å². The Kier molecular flexibility index (Phi) is 7.91. The van der Waals surface area contributed by atoms with E-state index >= 15 is 0 Å². The zero-order valence-electron chi connectivity index (χ0n) is 34.2. The monoisotopic (exact) mass is 799 g/mol. The van der Waals surface area contributed by atoms with Gasteiger partial charge in [-0.1, -0.05) is 176 Å². The first-order chi connectivity index (χ1) is 31.2. The molecule has 0 aliphatic heterocycles. The third kappa shape index (κ3) is 5.75. The Balaban J connectivity index is 1.08. The zero-order chi connectivity index (χ0) is 41.4. The van der Waals surface area contributed by atoms with Crippen molar-refractivity contribution in [2.45, 2.75) is 0 Å². The molecule has 13 aromatic rings. The standard InChI is InChI=1S/C60H37N3/c1-3-13-38(14-4-1)43-26-30-53-52-21-11-12-22-57(52)63(58(53)37-43)46-34-44(42-25-29-51-49-19-8-7-17-47(49)48-18-9-10-20-50(48)54(51)36-42)33-45(35-46)56-32-28-41-24-23-40-27-31-55(39-15-5-2-6-16-39)61-59(40)60(41)62-56/h1-37H. The van der Waals surface area contributed by atoms with Crippen molar-refractivity contribution in [3.8, 4) is 50.5 Å². The summed E-state index contributed by atoms with van der Waals surface area (Å²) in [5, 5.41) is 12.1. The molecule has 13 rings (SSSR count). The van der Waals surface area contributed by atoms with Crippen LogP contribution in [0.25, 0.3) is 126 Å². The summed E-state index contributed by atoms with van der Waals surface area (Å²) >= 11 is 0. The van der Waals surface area contributed by atoms with E-state index in [1.165, 1.54) is 54.2 Å². The van der Waals surface area contributed by atoms with Crippen LogP contribution in [0.15, 0.2) is 224 Å². The highest BCUT2D eigenvalue weighted by Crippen LogP contribution is 2.41. The summed E-state index contributed by atoms with van der Waals surface area (Å²) in [6.45, 7) is 0. The first-order valence-corrected chi connectivity index (χ1v) is 21.6. The SMILES string of the molecule is c1ccc(-c2ccc3c4ccccc4n(-c4cc(-c5ccc6c7ccccc7c7ccccc7c6c5)cc(-c5ccc6ccc7ccc(-c8ccccc8)nc7c6n5)c4)c3c2)cc1. The molecule has 63 heavy (non-hydrogen) atoms. The van der Waals surface area contributed by atoms with Crippen molar-refractivity contribution in [1.82, 2.24) is 14.5 Å². The van der Waals surface area contributed by atoms with Gasteiger partial charge in [0, 0.05) is 38.4 Å². The molecule has 0 fully saturated rings. The smallest absolute Gasteiger partial charge is 0.0972 e. The number of benzene rings is 10. The number of hydrogen-bond donors (Lipinski definition) is 0. The second-order valence-corrected chi connectivity index (χ2v) is 16.5. The van der Waals surface area contributed by atoms with Gasteiger partial charge in [0.1, 0.15) is 0 Å². The molecule has 3 aromatic heterocycles. The second-order valence-electron chi connectivity index (χ2n) is 16.5. The summed E-state index contributed by atoms with van der Waals surface area (Å²) in [4.78, 5) is 10.7. The number of fused-ring (bicyclic) bond motifs is 12.